The molecular formula is C23H18BrN3O6. The van der Waals surface area contributed by atoms with E-state index in [2.05, 4.69) is 31.8 Å². The lowest BCUT2D eigenvalue weighted by Crippen LogP contribution is -2.34. The van der Waals surface area contributed by atoms with Gasteiger partial charge in [-0.1, -0.05) is 28.1 Å². The van der Waals surface area contributed by atoms with Crippen LogP contribution in [0, 0.1) is 0 Å². The van der Waals surface area contributed by atoms with Crippen LogP contribution in [0.2, 0.25) is 0 Å². The molecule has 0 saturated heterocycles. The zero-order valence-electron chi connectivity index (χ0n) is 17.0. The fourth-order valence-electron chi connectivity index (χ4n) is 2.53. The fraction of sp³-hybridized carbons (Fsp3) is 0.0435. The number of phenolic OH excluding ortho intramolecular Hbond substituents is 1. The summed E-state index contributed by atoms with van der Waals surface area (Å²) in [6, 6.07) is 14.3. The Morgan fingerprint density at radius 3 is 2.70 bits per heavy atom. The predicted molar refractivity (Wildman–Crippen MR) is 124 cm³/mol. The van der Waals surface area contributed by atoms with Gasteiger partial charge < -0.3 is 19.6 Å². The van der Waals surface area contributed by atoms with Crippen LogP contribution < -0.4 is 15.5 Å². The normalized spacial score (nSPS) is 10.9. The van der Waals surface area contributed by atoms with Crippen molar-refractivity contribution in [2.24, 2.45) is 5.10 Å². The van der Waals surface area contributed by atoms with Crippen molar-refractivity contribution in [3.8, 4) is 11.5 Å². The SMILES string of the molecule is O=C(CNC(=O)c1ccccc1O)N/N=C\c1cc(Br)ccc1OC(=O)/C=C/c1ccco1. The van der Waals surface area contributed by atoms with Gasteiger partial charge in [0.2, 0.25) is 0 Å². The number of aromatic hydroxyl groups is 1. The summed E-state index contributed by atoms with van der Waals surface area (Å²) in [6.07, 6.45) is 5.47. The van der Waals surface area contributed by atoms with Crippen molar-refractivity contribution in [1.82, 2.24) is 10.7 Å². The van der Waals surface area contributed by atoms with Crippen LogP contribution in [0.5, 0.6) is 11.5 Å². The van der Waals surface area contributed by atoms with Crippen LogP contribution in [0.3, 0.4) is 0 Å². The number of hydrogen-bond acceptors (Lipinski definition) is 7. The topological polar surface area (TPSA) is 130 Å². The van der Waals surface area contributed by atoms with Gasteiger partial charge in [0.25, 0.3) is 11.8 Å². The lowest BCUT2D eigenvalue weighted by atomic mass is 10.2. The summed E-state index contributed by atoms with van der Waals surface area (Å²) >= 11 is 3.33. The zero-order chi connectivity index (χ0) is 23.6. The highest BCUT2D eigenvalue weighted by Crippen LogP contribution is 2.22. The summed E-state index contributed by atoms with van der Waals surface area (Å²) in [5.41, 5.74) is 2.74. The van der Waals surface area contributed by atoms with Crippen LogP contribution in [0.1, 0.15) is 21.7 Å². The number of carbonyl (C=O) groups excluding carboxylic acids is 3. The van der Waals surface area contributed by atoms with E-state index in [0.29, 0.717) is 15.8 Å². The monoisotopic (exact) mass is 511 g/mol. The van der Waals surface area contributed by atoms with Gasteiger partial charge in [0.15, 0.2) is 0 Å². The Kier molecular flexibility index (Phi) is 8.14. The number of hydrogen-bond donors (Lipinski definition) is 3. The molecule has 0 spiro atoms. The number of furan rings is 1. The second kappa shape index (κ2) is 11.4. The average Bonchev–Trinajstić information content (AvgIpc) is 3.32. The summed E-state index contributed by atoms with van der Waals surface area (Å²) in [7, 11) is 0. The molecule has 0 bridgehead atoms. The molecule has 33 heavy (non-hydrogen) atoms. The number of amides is 2. The summed E-state index contributed by atoms with van der Waals surface area (Å²) in [5, 5.41) is 15.9. The largest absolute Gasteiger partial charge is 0.507 e. The van der Waals surface area contributed by atoms with Gasteiger partial charge in [0, 0.05) is 16.1 Å². The highest BCUT2D eigenvalue weighted by molar-refractivity contribution is 9.10. The van der Waals surface area contributed by atoms with Gasteiger partial charge >= 0.3 is 5.97 Å². The van der Waals surface area contributed by atoms with Gasteiger partial charge in [-0.15, -0.1) is 0 Å². The Hall–Kier alpha value is -4.18. The zero-order valence-corrected chi connectivity index (χ0v) is 18.6. The van der Waals surface area contributed by atoms with Gasteiger partial charge in [0.1, 0.15) is 17.3 Å². The molecule has 0 aliphatic rings. The van der Waals surface area contributed by atoms with Crippen LogP contribution in [-0.2, 0) is 9.59 Å². The van der Waals surface area contributed by atoms with E-state index in [9.17, 15) is 19.5 Å². The van der Waals surface area contributed by atoms with Crippen molar-refractivity contribution < 1.29 is 28.6 Å². The third-order valence-electron chi connectivity index (χ3n) is 4.06. The van der Waals surface area contributed by atoms with E-state index in [1.807, 2.05) is 0 Å². The summed E-state index contributed by atoms with van der Waals surface area (Å²) in [6.45, 7) is -0.359. The van der Waals surface area contributed by atoms with Gasteiger partial charge in [-0.25, -0.2) is 10.2 Å². The molecule has 3 rings (SSSR count). The second-order valence-electron chi connectivity index (χ2n) is 6.45. The van der Waals surface area contributed by atoms with Gasteiger partial charge in [-0.05, 0) is 48.5 Å². The minimum absolute atomic E-state index is 0.0514. The van der Waals surface area contributed by atoms with Gasteiger partial charge in [0.05, 0.1) is 24.6 Å². The molecule has 0 radical (unpaired) electrons. The molecule has 2 aromatic carbocycles. The van der Waals surface area contributed by atoms with E-state index < -0.39 is 17.8 Å². The fourth-order valence-corrected chi connectivity index (χ4v) is 2.91. The maximum atomic E-state index is 12.1. The number of phenols is 1. The van der Waals surface area contributed by atoms with Crippen LogP contribution in [0.15, 0.2) is 80.9 Å². The van der Waals surface area contributed by atoms with E-state index in [4.69, 9.17) is 9.15 Å². The van der Waals surface area contributed by atoms with Gasteiger partial charge in [-0.2, -0.15) is 5.10 Å². The molecule has 0 fully saturated rings. The van der Waals surface area contributed by atoms with Crippen molar-refractivity contribution >= 4 is 46.0 Å². The Labute approximate surface area is 196 Å². The first-order valence-corrected chi connectivity index (χ1v) is 10.3. The number of ether oxygens (including phenoxy) is 1. The van der Waals surface area contributed by atoms with Crippen LogP contribution in [0.25, 0.3) is 6.08 Å². The number of benzene rings is 2. The quantitative estimate of drug-likeness (QED) is 0.140. The van der Waals surface area contributed by atoms with E-state index in [-0.39, 0.29) is 23.6 Å². The summed E-state index contributed by atoms with van der Waals surface area (Å²) in [4.78, 5) is 36.1. The van der Waals surface area contributed by atoms with E-state index in [1.165, 1.54) is 36.8 Å². The number of carbonyl (C=O) groups is 3. The maximum Gasteiger partial charge on any atom is 0.336 e. The molecule has 0 atom stereocenters. The Bertz CT molecular complexity index is 1200. The molecule has 3 aromatic rings. The molecule has 0 unspecified atom stereocenters. The standard InChI is InChI=1S/C23H18BrN3O6/c24-16-7-9-20(33-22(30)10-8-17-4-3-11-32-17)15(12-16)13-26-27-21(29)14-25-23(31)18-5-1-2-6-19(18)28/h1-13,28H,14H2,(H,25,31)(H,27,29)/b10-8+,26-13-. The smallest absolute Gasteiger partial charge is 0.336 e. The number of rotatable bonds is 8. The lowest BCUT2D eigenvalue weighted by molar-refractivity contribution is -0.129. The van der Waals surface area contributed by atoms with Crippen LogP contribution in [-0.4, -0.2) is 35.6 Å². The van der Waals surface area contributed by atoms with Crippen molar-refractivity contribution in [2.45, 2.75) is 0 Å². The molecule has 1 heterocycles. The first kappa shape index (κ1) is 23.5. The minimum Gasteiger partial charge on any atom is -0.507 e. The van der Waals surface area contributed by atoms with E-state index >= 15 is 0 Å². The molecule has 9 nitrogen and oxygen atoms in total. The molecule has 2 amide bonds. The average molecular weight is 512 g/mol. The number of nitrogens with one attached hydrogen (secondary N) is 2. The Morgan fingerprint density at radius 2 is 1.94 bits per heavy atom. The van der Waals surface area contributed by atoms with Crippen LogP contribution >= 0.6 is 15.9 Å². The number of para-hydroxylation sites is 1. The molecule has 1 aromatic heterocycles. The van der Waals surface area contributed by atoms with Crippen molar-refractivity contribution in [2.75, 3.05) is 6.54 Å². The van der Waals surface area contributed by atoms with Crippen molar-refractivity contribution in [1.29, 1.82) is 0 Å². The van der Waals surface area contributed by atoms with Crippen LogP contribution in [0.4, 0.5) is 0 Å². The number of esters is 1. The summed E-state index contributed by atoms with van der Waals surface area (Å²) in [5.74, 6) is -1.29. The molecule has 0 aliphatic carbocycles. The molecular weight excluding hydrogens is 494 g/mol. The summed E-state index contributed by atoms with van der Waals surface area (Å²) < 4.78 is 11.1. The first-order valence-electron chi connectivity index (χ1n) is 9.53. The van der Waals surface area contributed by atoms with E-state index in [1.54, 1.807) is 42.5 Å². The molecule has 0 aliphatic heterocycles. The first-order chi connectivity index (χ1) is 15.9. The highest BCUT2D eigenvalue weighted by Gasteiger charge is 2.11. The Morgan fingerprint density at radius 1 is 1.12 bits per heavy atom. The molecule has 10 heteroatoms. The Balaban J connectivity index is 1.56. The molecule has 0 saturated carbocycles. The third-order valence-corrected chi connectivity index (χ3v) is 4.55. The third kappa shape index (κ3) is 7.18. The minimum atomic E-state index is -0.626. The maximum absolute atomic E-state index is 12.1. The molecule has 168 valence electrons. The van der Waals surface area contributed by atoms with Crippen molar-refractivity contribution in [3.63, 3.8) is 0 Å². The number of halogens is 1. The van der Waals surface area contributed by atoms with E-state index in [0.717, 1.165) is 0 Å². The lowest BCUT2D eigenvalue weighted by Gasteiger charge is -2.07. The van der Waals surface area contributed by atoms with Crippen molar-refractivity contribution in [3.05, 3.63) is 88.3 Å². The second-order valence-corrected chi connectivity index (χ2v) is 7.36. The molecule has 3 N–H and O–H groups in total. The van der Waals surface area contributed by atoms with Gasteiger partial charge in [-0.3, -0.25) is 9.59 Å². The highest BCUT2D eigenvalue weighted by atomic mass is 79.9. The number of nitrogens with zero attached hydrogens (tertiary/aromatic N) is 1. The number of hydrazone groups is 1. The predicted octanol–water partition coefficient (Wildman–Crippen LogP) is 3.25.